The standard InChI is InChI=1S/C19H24O3/c1-3-4-15-22-19(21-2,17-13-9-6-10-14-17)18(20)16-11-7-5-8-12-16/h5-14,18,20H,3-4,15H2,1-2H3. The van der Waals surface area contributed by atoms with Crippen LogP contribution >= 0.6 is 0 Å². The van der Waals surface area contributed by atoms with E-state index in [0.717, 1.165) is 24.0 Å². The van der Waals surface area contributed by atoms with Crippen molar-refractivity contribution in [2.75, 3.05) is 13.7 Å². The minimum atomic E-state index is -1.20. The number of unbranched alkanes of at least 4 members (excludes halogenated alkanes) is 1. The van der Waals surface area contributed by atoms with Crippen LogP contribution < -0.4 is 0 Å². The summed E-state index contributed by atoms with van der Waals surface area (Å²) in [5.74, 6) is -1.20. The van der Waals surface area contributed by atoms with Crippen LogP contribution in [0, 0.1) is 0 Å². The molecule has 2 aromatic carbocycles. The molecule has 0 saturated carbocycles. The van der Waals surface area contributed by atoms with Crippen LogP contribution in [0.25, 0.3) is 0 Å². The van der Waals surface area contributed by atoms with E-state index < -0.39 is 11.9 Å². The Labute approximate surface area is 132 Å². The number of methoxy groups -OCH3 is 1. The van der Waals surface area contributed by atoms with Crippen LogP contribution in [0.15, 0.2) is 60.7 Å². The first kappa shape index (κ1) is 16.7. The average Bonchev–Trinajstić information content (AvgIpc) is 2.60. The molecule has 0 bridgehead atoms. The second-order valence-corrected chi connectivity index (χ2v) is 5.25. The second kappa shape index (κ2) is 8.08. The smallest absolute Gasteiger partial charge is 0.225 e. The Bertz CT molecular complexity index is 541. The van der Waals surface area contributed by atoms with E-state index in [1.165, 1.54) is 0 Å². The van der Waals surface area contributed by atoms with E-state index in [1.54, 1.807) is 7.11 Å². The van der Waals surface area contributed by atoms with E-state index >= 15 is 0 Å². The van der Waals surface area contributed by atoms with Gasteiger partial charge in [0, 0.05) is 12.7 Å². The van der Waals surface area contributed by atoms with E-state index in [1.807, 2.05) is 60.7 Å². The van der Waals surface area contributed by atoms with Crippen LogP contribution in [0.2, 0.25) is 0 Å². The minimum absolute atomic E-state index is 0.531. The molecule has 0 heterocycles. The average molecular weight is 300 g/mol. The predicted octanol–water partition coefficient (Wildman–Crippen LogP) is 4.04. The molecule has 0 aliphatic rings. The molecule has 1 N–H and O–H groups in total. The first-order valence-electron chi connectivity index (χ1n) is 7.72. The maximum Gasteiger partial charge on any atom is 0.225 e. The van der Waals surface area contributed by atoms with Gasteiger partial charge in [0.2, 0.25) is 5.79 Å². The molecule has 2 atom stereocenters. The van der Waals surface area contributed by atoms with Crippen molar-refractivity contribution in [1.29, 1.82) is 0 Å². The Morgan fingerprint density at radius 1 is 1.00 bits per heavy atom. The van der Waals surface area contributed by atoms with E-state index in [0.29, 0.717) is 6.61 Å². The fourth-order valence-electron chi connectivity index (χ4n) is 2.50. The van der Waals surface area contributed by atoms with Gasteiger partial charge in [0.25, 0.3) is 0 Å². The van der Waals surface area contributed by atoms with Crippen LogP contribution in [-0.2, 0) is 15.3 Å². The Morgan fingerprint density at radius 2 is 1.59 bits per heavy atom. The molecule has 3 heteroatoms. The highest BCUT2D eigenvalue weighted by atomic mass is 16.7. The lowest BCUT2D eigenvalue weighted by molar-refractivity contribution is -0.285. The third-order valence-electron chi connectivity index (χ3n) is 3.77. The van der Waals surface area contributed by atoms with Crippen molar-refractivity contribution in [3.05, 3.63) is 71.8 Å². The summed E-state index contributed by atoms with van der Waals surface area (Å²) in [5, 5.41) is 10.9. The van der Waals surface area contributed by atoms with Crippen molar-refractivity contribution in [2.45, 2.75) is 31.7 Å². The summed E-state index contributed by atoms with van der Waals surface area (Å²) < 4.78 is 11.8. The highest BCUT2D eigenvalue weighted by molar-refractivity contribution is 5.27. The lowest BCUT2D eigenvalue weighted by Gasteiger charge is -2.37. The maximum absolute atomic E-state index is 10.9. The highest BCUT2D eigenvalue weighted by Gasteiger charge is 2.42. The summed E-state index contributed by atoms with van der Waals surface area (Å²) in [6.07, 6.45) is 1.04. The molecule has 0 aromatic heterocycles. The SMILES string of the molecule is CCCCOC(OC)(c1ccccc1)C(O)c1ccccc1. The summed E-state index contributed by atoms with van der Waals surface area (Å²) in [6, 6.07) is 19.1. The molecule has 22 heavy (non-hydrogen) atoms. The lowest BCUT2D eigenvalue weighted by Crippen LogP contribution is -2.39. The van der Waals surface area contributed by atoms with Crippen LogP contribution in [0.5, 0.6) is 0 Å². The number of hydrogen-bond donors (Lipinski definition) is 1. The third-order valence-corrected chi connectivity index (χ3v) is 3.77. The molecule has 2 aromatic rings. The number of hydrogen-bond acceptors (Lipinski definition) is 3. The molecule has 118 valence electrons. The van der Waals surface area contributed by atoms with Crippen molar-refractivity contribution in [2.24, 2.45) is 0 Å². The highest BCUT2D eigenvalue weighted by Crippen LogP contribution is 2.39. The molecule has 0 aliphatic heterocycles. The molecule has 2 unspecified atom stereocenters. The second-order valence-electron chi connectivity index (χ2n) is 5.25. The molecule has 3 nitrogen and oxygen atoms in total. The summed E-state index contributed by atoms with van der Waals surface area (Å²) in [6.45, 7) is 2.64. The fraction of sp³-hybridized carbons (Fsp3) is 0.368. The zero-order chi connectivity index (χ0) is 15.8. The Kier molecular flexibility index (Phi) is 6.13. The maximum atomic E-state index is 10.9. The van der Waals surface area contributed by atoms with Gasteiger partial charge in [0.1, 0.15) is 6.10 Å². The molecule has 0 amide bonds. The van der Waals surface area contributed by atoms with Gasteiger partial charge in [-0.1, -0.05) is 74.0 Å². The van der Waals surface area contributed by atoms with Gasteiger partial charge in [0.15, 0.2) is 0 Å². The lowest BCUT2D eigenvalue weighted by atomic mass is 9.94. The van der Waals surface area contributed by atoms with Crippen LogP contribution in [0.4, 0.5) is 0 Å². The van der Waals surface area contributed by atoms with Crippen molar-refractivity contribution in [3.8, 4) is 0 Å². The van der Waals surface area contributed by atoms with Gasteiger partial charge in [-0.2, -0.15) is 0 Å². The summed E-state index contributed by atoms with van der Waals surface area (Å²) in [4.78, 5) is 0. The molecule has 0 radical (unpaired) electrons. The Hall–Kier alpha value is -1.68. The molecule has 0 saturated heterocycles. The first-order valence-corrected chi connectivity index (χ1v) is 7.72. The normalized spacial score (nSPS) is 15.2. The minimum Gasteiger partial charge on any atom is -0.382 e. The summed E-state index contributed by atoms with van der Waals surface area (Å²) >= 11 is 0. The summed E-state index contributed by atoms with van der Waals surface area (Å²) in [7, 11) is 1.57. The quantitative estimate of drug-likeness (QED) is 0.591. The van der Waals surface area contributed by atoms with E-state index in [4.69, 9.17) is 9.47 Å². The van der Waals surface area contributed by atoms with Gasteiger partial charge in [-0.15, -0.1) is 0 Å². The number of aliphatic hydroxyl groups is 1. The van der Waals surface area contributed by atoms with Gasteiger partial charge >= 0.3 is 0 Å². The molecular weight excluding hydrogens is 276 g/mol. The third kappa shape index (κ3) is 3.55. The van der Waals surface area contributed by atoms with Crippen LogP contribution in [-0.4, -0.2) is 18.8 Å². The molecule has 2 rings (SSSR count). The van der Waals surface area contributed by atoms with Crippen molar-refractivity contribution in [3.63, 3.8) is 0 Å². The Balaban J connectivity index is 2.39. The zero-order valence-electron chi connectivity index (χ0n) is 13.2. The zero-order valence-corrected chi connectivity index (χ0v) is 13.2. The van der Waals surface area contributed by atoms with Crippen molar-refractivity contribution in [1.82, 2.24) is 0 Å². The molecule has 0 aliphatic carbocycles. The van der Waals surface area contributed by atoms with E-state index in [2.05, 4.69) is 6.92 Å². The molecular formula is C19H24O3. The topological polar surface area (TPSA) is 38.7 Å². The molecule has 0 spiro atoms. The number of aliphatic hydroxyl groups excluding tert-OH is 1. The fourth-order valence-corrected chi connectivity index (χ4v) is 2.50. The van der Waals surface area contributed by atoms with Gasteiger partial charge < -0.3 is 14.6 Å². The Morgan fingerprint density at radius 3 is 2.14 bits per heavy atom. The largest absolute Gasteiger partial charge is 0.382 e. The molecule has 0 fully saturated rings. The monoisotopic (exact) mass is 300 g/mol. The van der Waals surface area contributed by atoms with Gasteiger partial charge in [-0.05, 0) is 12.0 Å². The van der Waals surface area contributed by atoms with E-state index in [-0.39, 0.29) is 0 Å². The van der Waals surface area contributed by atoms with Gasteiger partial charge in [0.05, 0.1) is 6.61 Å². The van der Waals surface area contributed by atoms with Crippen molar-refractivity contribution >= 4 is 0 Å². The predicted molar refractivity (Wildman–Crippen MR) is 87.4 cm³/mol. The van der Waals surface area contributed by atoms with Crippen LogP contribution in [0.3, 0.4) is 0 Å². The van der Waals surface area contributed by atoms with Crippen molar-refractivity contribution < 1.29 is 14.6 Å². The number of benzene rings is 2. The van der Waals surface area contributed by atoms with Gasteiger partial charge in [-0.3, -0.25) is 0 Å². The first-order chi connectivity index (χ1) is 10.7. The number of ether oxygens (including phenoxy) is 2. The van der Waals surface area contributed by atoms with Crippen LogP contribution in [0.1, 0.15) is 37.0 Å². The summed E-state index contributed by atoms with van der Waals surface area (Å²) in [5.41, 5.74) is 1.58. The van der Waals surface area contributed by atoms with E-state index in [9.17, 15) is 5.11 Å². The van der Waals surface area contributed by atoms with Gasteiger partial charge in [-0.25, -0.2) is 0 Å². The number of rotatable bonds is 8.